The lowest BCUT2D eigenvalue weighted by molar-refractivity contribution is -0.133. The van der Waals surface area contributed by atoms with E-state index in [1.54, 1.807) is 12.2 Å². The minimum absolute atomic E-state index is 0.0299. The second-order valence-corrected chi connectivity index (χ2v) is 5.99. The van der Waals surface area contributed by atoms with Crippen LogP contribution in [0.25, 0.3) is 0 Å². The van der Waals surface area contributed by atoms with Crippen LogP contribution in [0.3, 0.4) is 0 Å². The van der Waals surface area contributed by atoms with Crippen LogP contribution in [0.4, 0.5) is 26.3 Å². The van der Waals surface area contributed by atoms with E-state index in [4.69, 9.17) is 0 Å². The van der Waals surface area contributed by atoms with E-state index in [9.17, 15) is 26.3 Å². The quantitative estimate of drug-likeness (QED) is 0.345. The summed E-state index contributed by atoms with van der Waals surface area (Å²) in [5.74, 6) is -3.69. The standard InChI is InChI=1S/C17H18F6/c18-14-9-13(10-15(19)16(14)20)12-6-4-11(5-7-12)3-1-2-8-17(21,22)23/h1,3,9-12H,2,4-8H2/t11-,12-. The maximum absolute atomic E-state index is 13.3. The number of hydrogen-bond acceptors (Lipinski definition) is 0. The van der Waals surface area contributed by atoms with E-state index < -0.39 is 30.0 Å². The SMILES string of the molecule is Fc1cc([C@H]2CC[C@H](C=CCCC(F)(F)F)CC2)cc(F)c1F. The van der Waals surface area contributed by atoms with Crippen molar-refractivity contribution < 1.29 is 26.3 Å². The molecule has 2 rings (SSSR count). The Kier molecular flexibility index (Phi) is 5.76. The molecule has 1 aromatic carbocycles. The number of allylic oxidation sites excluding steroid dienone is 2. The minimum atomic E-state index is -4.14. The van der Waals surface area contributed by atoms with Gasteiger partial charge in [0.2, 0.25) is 0 Å². The number of rotatable bonds is 4. The Hall–Kier alpha value is -1.46. The molecule has 0 spiro atoms. The van der Waals surface area contributed by atoms with Gasteiger partial charge in [0.15, 0.2) is 17.5 Å². The van der Waals surface area contributed by atoms with E-state index in [2.05, 4.69) is 0 Å². The number of hydrogen-bond donors (Lipinski definition) is 0. The Bertz CT molecular complexity index is 530. The molecule has 128 valence electrons. The van der Waals surface area contributed by atoms with Crippen molar-refractivity contribution in [2.45, 2.75) is 50.6 Å². The molecule has 0 aliphatic heterocycles. The monoisotopic (exact) mass is 336 g/mol. The van der Waals surface area contributed by atoms with E-state index in [1.807, 2.05) is 0 Å². The van der Waals surface area contributed by atoms with Gasteiger partial charge in [0, 0.05) is 6.42 Å². The molecule has 0 bridgehead atoms. The summed E-state index contributed by atoms with van der Waals surface area (Å²) in [6.45, 7) is 0. The van der Waals surface area contributed by atoms with Gasteiger partial charge in [0.05, 0.1) is 0 Å². The number of halogens is 6. The fourth-order valence-electron chi connectivity index (χ4n) is 2.99. The van der Waals surface area contributed by atoms with Crippen LogP contribution in [-0.4, -0.2) is 6.18 Å². The van der Waals surface area contributed by atoms with Gasteiger partial charge >= 0.3 is 6.18 Å². The van der Waals surface area contributed by atoms with Crippen LogP contribution in [-0.2, 0) is 0 Å². The fraction of sp³-hybridized carbons (Fsp3) is 0.529. The van der Waals surface area contributed by atoms with Crippen LogP contribution in [0.15, 0.2) is 24.3 Å². The van der Waals surface area contributed by atoms with Crippen molar-refractivity contribution in [3.05, 3.63) is 47.3 Å². The van der Waals surface area contributed by atoms with Crippen molar-refractivity contribution in [1.82, 2.24) is 0 Å². The molecule has 0 aromatic heterocycles. The minimum Gasteiger partial charge on any atom is -0.204 e. The van der Waals surface area contributed by atoms with Gasteiger partial charge in [-0.15, -0.1) is 0 Å². The molecule has 0 saturated heterocycles. The van der Waals surface area contributed by atoms with Crippen LogP contribution < -0.4 is 0 Å². The topological polar surface area (TPSA) is 0 Å². The molecule has 0 heterocycles. The zero-order chi connectivity index (χ0) is 17.0. The first-order valence-corrected chi connectivity index (χ1v) is 7.64. The van der Waals surface area contributed by atoms with E-state index in [0.717, 1.165) is 25.0 Å². The molecule has 6 heteroatoms. The lowest BCUT2D eigenvalue weighted by atomic mass is 9.78. The first-order valence-electron chi connectivity index (χ1n) is 7.64. The molecule has 1 aliphatic carbocycles. The van der Waals surface area contributed by atoms with Crippen LogP contribution in [0.5, 0.6) is 0 Å². The maximum atomic E-state index is 13.3. The smallest absolute Gasteiger partial charge is 0.204 e. The Labute approximate surface area is 131 Å². The predicted octanol–water partition coefficient (Wildman–Crippen LogP) is 6.28. The molecule has 0 nitrogen and oxygen atoms in total. The summed E-state index contributed by atoms with van der Waals surface area (Å²) in [6, 6.07) is 2.06. The average molecular weight is 336 g/mol. The van der Waals surface area contributed by atoms with E-state index >= 15 is 0 Å². The largest absolute Gasteiger partial charge is 0.389 e. The Morgan fingerprint density at radius 2 is 1.52 bits per heavy atom. The van der Waals surface area contributed by atoms with Crippen molar-refractivity contribution in [2.24, 2.45) is 5.92 Å². The van der Waals surface area contributed by atoms with Crippen molar-refractivity contribution in [2.75, 3.05) is 0 Å². The van der Waals surface area contributed by atoms with Crippen LogP contribution in [0.1, 0.15) is 50.0 Å². The van der Waals surface area contributed by atoms with Gasteiger partial charge in [-0.05, 0) is 61.6 Å². The van der Waals surface area contributed by atoms with Gasteiger partial charge < -0.3 is 0 Å². The highest BCUT2D eigenvalue weighted by atomic mass is 19.4. The van der Waals surface area contributed by atoms with Crippen molar-refractivity contribution in [1.29, 1.82) is 0 Å². The highest BCUT2D eigenvalue weighted by Gasteiger charge is 2.26. The molecule has 0 radical (unpaired) electrons. The van der Waals surface area contributed by atoms with Gasteiger partial charge in [0.25, 0.3) is 0 Å². The zero-order valence-corrected chi connectivity index (χ0v) is 12.5. The van der Waals surface area contributed by atoms with Crippen molar-refractivity contribution in [3.8, 4) is 0 Å². The van der Waals surface area contributed by atoms with Crippen LogP contribution in [0.2, 0.25) is 0 Å². The molecule has 23 heavy (non-hydrogen) atoms. The third-order valence-corrected chi connectivity index (χ3v) is 4.25. The highest BCUT2D eigenvalue weighted by molar-refractivity contribution is 5.23. The number of benzene rings is 1. The van der Waals surface area contributed by atoms with Crippen molar-refractivity contribution >= 4 is 0 Å². The summed E-state index contributed by atoms with van der Waals surface area (Å²) in [5, 5.41) is 0. The average Bonchev–Trinajstić information content (AvgIpc) is 2.48. The number of alkyl halides is 3. The molecule has 1 fully saturated rings. The summed E-state index contributed by atoms with van der Waals surface area (Å²) < 4.78 is 75.6. The fourth-order valence-corrected chi connectivity index (χ4v) is 2.99. The van der Waals surface area contributed by atoms with Gasteiger partial charge in [-0.1, -0.05) is 12.2 Å². The van der Waals surface area contributed by atoms with E-state index in [1.165, 1.54) is 0 Å². The maximum Gasteiger partial charge on any atom is 0.389 e. The molecule has 0 N–H and O–H groups in total. The third kappa shape index (κ3) is 5.29. The van der Waals surface area contributed by atoms with Gasteiger partial charge in [-0.2, -0.15) is 13.2 Å². The molecule has 0 unspecified atom stereocenters. The summed E-state index contributed by atoms with van der Waals surface area (Å²) in [7, 11) is 0. The normalized spacial score (nSPS) is 22.7. The molecule has 1 saturated carbocycles. The molecule has 0 amide bonds. The van der Waals surface area contributed by atoms with E-state index in [-0.39, 0.29) is 18.3 Å². The molecule has 1 aromatic rings. The lowest BCUT2D eigenvalue weighted by Crippen LogP contribution is -2.12. The summed E-state index contributed by atoms with van der Waals surface area (Å²) in [4.78, 5) is 0. The summed E-state index contributed by atoms with van der Waals surface area (Å²) in [5.41, 5.74) is 0.445. The van der Waals surface area contributed by atoms with Crippen LogP contribution >= 0.6 is 0 Å². The third-order valence-electron chi connectivity index (χ3n) is 4.25. The Morgan fingerprint density at radius 1 is 0.957 bits per heavy atom. The summed E-state index contributed by atoms with van der Waals surface area (Å²) in [6.07, 6.45) is 1.20. The van der Waals surface area contributed by atoms with Crippen molar-refractivity contribution in [3.63, 3.8) is 0 Å². The molecule has 0 atom stereocenters. The lowest BCUT2D eigenvalue weighted by Gasteiger charge is -2.27. The molecule has 1 aliphatic rings. The predicted molar refractivity (Wildman–Crippen MR) is 75.4 cm³/mol. The highest BCUT2D eigenvalue weighted by Crippen LogP contribution is 2.37. The molecular formula is C17H18F6. The molecular weight excluding hydrogens is 318 g/mol. The second-order valence-electron chi connectivity index (χ2n) is 5.99. The van der Waals surface area contributed by atoms with E-state index in [0.29, 0.717) is 18.4 Å². The Morgan fingerprint density at radius 3 is 2.04 bits per heavy atom. The zero-order valence-electron chi connectivity index (χ0n) is 12.5. The van der Waals surface area contributed by atoms with Gasteiger partial charge in [-0.3, -0.25) is 0 Å². The van der Waals surface area contributed by atoms with Gasteiger partial charge in [-0.25, -0.2) is 13.2 Å². The summed E-state index contributed by atoms with van der Waals surface area (Å²) >= 11 is 0. The van der Waals surface area contributed by atoms with Gasteiger partial charge in [0.1, 0.15) is 0 Å². The first-order chi connectivity index (χ1) is 10.8. The Balaban J connectivity index is 1.85. The van der Waals surface area contributed by atoms with Crippen LogP contribution in [0, 0.1) is 23.4 Å². The second kappa shape index (κ2) is 7.41. The first kappa shape index (κ1) is 17.9.